The van der Waals surface area contributed by atoms with Crippen molar-refractivity contribution in [2.75, 3.05) is 0 Å². The summed E-state index contributed by atoms with van der Waals surface area (Å²) in [6.45, 7) is 0.171. The van der Waals surface area contributed by atoms with E-state index in [1.54, 1.807) is 0 Å². The van der Waals surface area contributed by atoms with Gasteiger partial charge >= 0.3 is 6.18 Å². The van der Waals surface area contributed by atoms with Gasteiger partial charge in [-0.05, 0) is 31.4 Å². The largest absolute Gasteiger partial charge is 0.447 e. The van der Waals surface area contributed by atoms with E-state index in [4.69, 9.17) is 9.56 Å². The van der Waals surface area contributed by atoms with Gasteiger partial charge in [0, 0.05) is 6.04 Å². The summed E-state index contributed by atoms with van der Waals surface area (Å²) < 4.78 is 65.2. The van der Waals surface area contributed by atoms with E-state index in [0.29, 0.717) is 18.6 Å². The van der Waals surface area contributed by atoms with Gasteiger partial charge in [0.2, 0.25) is 5.09 Å². The fourth-order valence-electron chi connectivity index (χ4n) is 2.52. The third-order valence-corrected chi connectivity index (χ3v) is 4.40. The van der Waals surface area contributed by atoms with Gasteiger partial charge in [-0.3, -0.25) is 0 Å². The molecule has 1 saturated carbocycles. The highest BCUT2D eigenvalue weighted by atomic mass is 32.2. The van der Waals surface area contributed by atoms with Gasteiger partial charge in [0.05, 0.1) is 12.5 Å². The lowest BCUT2D eigenvalue weighted by Gasteiger charge is -2.30. The van der Waals surface area contributed by atoms with Crippen molar-refractivity contribution in [3.63, 3.8) is 0 Å². The Morgan fingerprint density at radius 3 is 2.62 bits per heavy atom. The molecule has 0 radical (unpaired) electrons. The number of furan rings is 1. The predicted octanol–water partition coefficient (Wildman–Crippen LogP) is 2.14. The quantitative estimate of drug-likeness (QED) is 0.888. The number of primary sulfonamides is 1. The number of halogens is 3. The number of sulfonamides is 1. The fourth-order valence-corrected chi connectivity index (χ4v) is 3.00. The van der Waals surface area contributed by atoms with Gasteiger partial charge in [-0.15, -0.1) is 0 Å². The molecule has 0 saturated heterocycles. The van der Waals surface area contributed by atoms with Gasteiger partial charge in [0.15, 0.2) is 0 Å². The highest BCUT2D eigenvalue weighted by molar-refractivity contribution is 7.89. The van der Waals surface area contributed by atoms with E-state index < -0.39 is 22.1 Å². The molecule has 9 heteroatoms. The zero-order valence-electron chi connectivity index (χ0n) is 11.2. The molecule has 0 bridgehead atoms. The molecule has 1 heterocycles. The summed E-state index contributed by atoms with van der Waals surface area (Å²) in [6.07, 6.45) is -2.78. The number of hydrogen-bond donors (Lipinski definition) is 2. The molecule has 1 aromatic rings. The first kappa shape index (κ1) is 16.3. The number of alkyl halides is 3. The predicted molar refractivity (Wildman–Crippen MR) is 68.7 cm³/mol. The first-order chi connectivity index (χ1) is 9.66. The van der Waals surface area contributed by atoms with Crippen LogP contribution in [0.4, 0.5) is 13.2 Å². The maximum atomic E-state index is 12.7. The van der Waals surface area contributed by atoms with Crippen molar-refractivity contribution < 1.29 is 26.0 Å². The maximum Gasteiger partial charge on any atom is 0.391 e. The second kappa shape index (κ2) is 5.98. The van der Waals surface area contributed by atoms with Crippen LogP contribution in [0, 0.1) is 5.92 Å². The fraction of sp³-hybridized carbons (Fsp3) is 0.667. The SMILES string of the molecule is NS(=O)(=O)c1ccc(CNC2CCCC(C(F)(F)F)C2)o1. The van der Waals surface area contributed by atoms with Crippen LogP contribution in [0.1, 0.15) is 31.4 Å². The molecular formula is C12H17F3N2O3S. The van der Waals surface area contributed by atoms with Crippen LogP contribution in [0.3, 0.4) is 0 Å². The van der Waals surface area contributed by atoms with Crippen molar-refractivity contribution in [2.45, 2.75) is 49.5 Å². The third-order valence-electron chi connectivity index (χ3n) is 3.62. The van der Waals surface area contributed by atoms with Crippen LogP contribution < -0.4 is 10.5 Å². The summed E-state index contributed by atoms with van der Waals surface area (Å²) in [7, 11) is -3.90. The zero-order valence-corrected chi connectivity index (χ0v) is 12.0. The average molecular weight is 326 g/mol. The lowest BCUT2D eigenvalue weighted by atomic mass is 9.85. The topological polar surface area (TPSA) is 85.3 Å². The van der Waals surface area contributed by atoms with Gasteiger partial charge in [0.25, 0.3) is 10.0 Å². The average Bonchev–Trinajstić information content (AvgIpc) is 2.84. The van der Waals surface area contributed by atoms with E-state index in [9.17, 15) is 21.6 Å². The van der Waals surface area contributed by atoms with Gasteiger partial charge in [0.1, 0.15) is 5.76 Å². The minimum atomic E-state index is -4.16. The molecule has 3 N–H and O–H groups in total. The molecule has 1 aliphatic carbocycles. The molecule has 1 aromatic heterocycles. The van der Waals surface area contributed by atoms with E-state index in [-0.39, 0.29) is 30.5 Å². The van der Waals surface area contributed by atoms with Crippen LogP contribution in [0.2, 0.25) is 0 Å². The number of rotatable bonds is 4. The van der Waals surface area contributed by atoms with Crippen molar-refractivity contribution in [2.24, 2.45) is 11.1 Å². The lowest BCUT2D eigenvalue weighted by Crippen LogP contribution is -2.38. The standard InChI is InChI=1S/C12H17F3N2O3S/c13-12(14,15)8-2-1-3-9(6-8)17-7-10-4-5-11(20-10)21(16,18)19/h4-5,8-9,17H,1-3,6-7H2,(H2,16,18,19). The summed E-state index contributed by atoms with van der Waals surface area (Å²) >= 11 is 0. The molecule has 2 rings (SSSR count). The first-order valence-corrected chi connectivity index (χ1v) is 8.12. The molecule has 1 aliphatic rings. The van der Waals surface area contributed by atoms with Crippen LogP contribution in [0.15, 0.2) is 21.6 Å². The van der Waals surface area contributed by atoms with E-state index >= 15 is 0 Å². The molecule has 2 unspecified atom stereocenters. The summed E-state index contributed by atoms with van der Waals surface area (Å²) in [6, 6.07) is 2.41. The van der Waals surface area contributed by atoms with E-state index in [0.717, 1.165) is 0 Å². The number of nitrogens with two attached hydrogens (primary N) is 1. The monoisotopic (exact) mass is 326 g/mol. The molecule has 0 amide bonds. The summed E-state index contributed by atoms with van der Waals surface area (Å²) in [5.74, 6) is -0.950. The van der Waals surface area contributed by atoms with Gasteiger partial charge < -0.3 is 9.73 Å². The second-order valence-corrected chi connectivity index (χ2v) is 6.74. The summed E-state index contributed by atoms with van der Waals surface area (Å²) in [5.41, 5.74) is 0. The van der Waals surface area contributed by atoms with Crippen LogP contribution in [-0.2, 0) is 16.6 Å². The van der Waals surface area contributed by atoms with E-state index in [2.05, 4.69) is 5.32 Å². The highest BCUT2D eigenvalue weighted by Gasteiger charge is 2.42. The van der Waals surface area contributed by atoms with Crippen molar-refractivity contribution >= 4 is 10.0 Å². The Labute approximate surface area is 120 Å². The maximum absolute atomic E-state index is 12.7. The van der Waals surface area contributed by atoms with Crippen LogP contribution in [-0.4, -0.2) is 20.6 Å². The molecule has 0 spiro atoms. The van der Waals surface area contributed by atoms with Crippen molar-refractivity contribution in [1.29, 1.82) is 0 Å². The Morgan fingerprint density at radius 2 is 2.05 bits per heavy atom. The van der Waals surface area contributed by atoms with Crippen LogP contribution in [0.5, 0.6) is 0 Å². The zero-order chi connectivity index (χ0) is 15.7. The minimum Gasteiger partial charge on any atom is -0.447 e. The smallest absolute Gasteiger partial charge is 0.391 e. The van der Waals surface area contributed by atoms with Crippen molar-refractivity contribution in [3.8, 4) is 0 Å². The van der Waals surface area contributed by atoms with E-state index in [1.807, 2.05) is 0 Å². The molecule has 1 fully saturated rings. The van der Waals surface area contributed by atoms with Crippen LogP contribution >= 0.6 is 0 Å². The molecule has 2 atom stereocenters. The Balaban J connectivity index is 1.90. The van der Waals surface area contributed by atoms with Crippen molar-refractivity contribution in [1.82, 2.24) is 5.32 Å². The van der Waals surface area contributed by atoms with E-state index in [1.165, 1.54) is 12.1 Å². The molecule has 0 aromatic carbocycles. The number of nitrogens with one attached hydrogen (secondary N) is 1. The third kappa shape index (κ3) is 4.45. The lowest BCUT2D eigenvalue weighted by molar-refractivity contribution is -0.183. The molecule has 120 valence electrons. The Hall–Kier alpha value is -1.06. The molecule has 21 heavy (non-hydrogen) atoms. The van der Waals surface area contributed by atoms with Gasteiger partial charge in [-0.2, -0.15) is 13.2 Å². The van der Waals surface area contributed by atoms with Crippen LogP contribution in [0.25, 0.3) is 0 Å². The second-order valence-electron chi connectivity index (χ2n) is 5.25. The summed E-state index contributed by atoms with van der Waals surface area (Å²) in [5, 5.41) is 7.53. The Kier molecular flexibility index (Phi) is 4.64. The highest BCUT2D eigenvalue weighted by Crippen LogP contribution is 2.37. The first-order valence-electron chi connectivity index (χ1n) is 6.58. The Morgan fingerprint density at radius 1 is 1.33 bits per heavy atom. The van der Waals surface area contributed by atoms with Gasteiger partial charge in [-0.1, -0.05) is 6.42 Å². The Bertz CT molecular complexity index is 583. The minimum absolute atomic E-state index is 0.0340. The number of hydrogen-bond acceptors (Lipinski definition) is 4. The van der Waals surface area contributed by atoms with Crippen molar-refractivity contribution in [3.05, 3.63) is 17.9 Å². The van der Waals surface area contributed by atoms with Gasteiger partial charge in [-0.25, -0.2) is 13.6 Å². The summed E-state index contributed by atoms with van der Waals surface area (Å²) in [4.78, 5) is 0. The normalized spacial score (nSPS) is 24.2. The molecule has 0 aliphatic heterocycles. The molecule has 5 nitrogen and oxygen atoms in total. The molecular weight excluding hydrogens is 309 g/mol.